The number of hydrogen-bond donors (Lipinski definition) is 0. The average molecular weight is 165 g/mol. The Balaban J connectivity index is 2.51. The molecule has 0 nitrogen and oxygen atoms in total. The van der Waals surface area contributed by atoms with Crippen LogP contribution in [0.5, 0.6) is 0 Å². The minimum Gasteiger partial charge on any atom is -0.123 e. The zero-order chi connectivity index (χ0) is 8.10. The van der Waals surface area contributed by atoms with Gasteiger partial charge in [-0.1, -0.05) is 25.1 Å². The number of rotatable bonds is 3. The molecule has 59 valence electrons. The average Bonchev–Trinajstić information content (AvgIpc) is 2.06. The van der Waals surface area contributed by atoms with Gasteiger partial charge in [0.1, 0.15) is 0 Å². The maximum absolute atomic E-state index is 4.01. The molecule has 1 unspecified atom stereocenters. The Bertz CT molecular complexity index is 193. The van der Waals surface area contributed by atoms with Gasteiger partial charge in [-0.2, -0.15) is 0 Å². The Morgan fingerprint density at radius 3 is 2.55 bits per heavy atom. The monoisotopic (exact) mass is 165 g/mol. The van der Waals surface area contributed by atoms with Crippen LogP contribution >= 0.6 is 11.8 Å². The van der Waals surface area contributed by atoms with Crippen molar-refractivity contribution in [1.82, 2.24) is 0 Å². The lowest BCUT2D eigenvalue weighted by Crippen LogP contribution is -1.91. The Labute approximate surface area is 73.0 Å². The second kappa shape index (κ2) is 4.45. The number of benzene rings is 1. The predicted octanol–water partition coefficient (Wildman–Crippen LogP) is 3.39. The number of hydrogen-bond acceptors (Lipinski definition) is 1. The van der Waals surface area contributed by atoms with E-state index in [1.807, 2.05) is 17.8 Å². The Kier molecular flexibility index (Phi) is 3.50. The van der Waals surface area contributed by atoms with E-state index in [1.165, 1.54) is 4.90 Å². The molecule has 0 aliphatic carbocycles. The summed E-state index contributed by atoms with van der Waals surface area (Å²) in [6, 6.07) is 10.4. The molecule has 0 saturated carbocycles. The molecule has 1 aromatic carbocycles. The fourth-order valence-electron chi connectivity index (χ4n) is 0.775. The molecule has 0 fully saturated rings. The summed E-state index contributed by atoms with van der Waals surface area (Å²) < 4.78 is 0. The van der Waals surface area contributed by atoms with E-state index in [4.69, 9.17) is 0 Å². The first-order chi connectivity index (χ1) is 5.33. The lowest BCUT2D eigenvalue weighted by molar-refractivity contribution is 0.974. The summed E-state index contributed by atoms with van der Waals surface area (Å²) in [5.74, 6) is 0. The highest BCUT2D eigenvalue weighted by molar-refractivity contribution is 8.00. The van der Waals surface area contributed by atoms with Crippen LogP contribution in [0.15, 0.2) is 35.2 Å². The molecule has 0 saturated heterocycles. The van der Waals surface area contributed by atoms with Crippen LogP contribution < -0.4 is 0 Å². The zero-order valence-corrected chi connectivity index (χ0v) is 7.60. The fourth-order valence-corrected chi connectivity index (χ4v) is 1.64. The van der Waals surface area contributed by atoms with Crippen molar-refractivity contribution in [3.63, 3.8) is 0 Å². The van der Waals surface area contributed by atoms with E-state index in [0.29, 0.717) is 5.25 Å². The molecule has 0 aliphatic rings. The van der Waals surface area contributed by atoms with Crippen LogP contribution in [-0.4, -0.2) is 5.25 Å². The highest BCUT2D eigenvalue weighted by Gasteiger charge is 1.99. The Morgan fingerprint density at radius 2 is 2.00 bits per heavy atom. The van der Waals surface area contributed by atoms with E-state index >= 15 is 0 Å². The van der Waals surface area contributed by atoms with Crippen LogP contribution in [0.4, 0.5) is 0 Å². The van der Waals surface area contributed by atoms with Crippen LogP contribution in [0.3, 0.4) is 0 Å². The molecule has 0 spiro atoms. The van der Waals surface area contributed by atoms with Gasteiger partial charge in [-0.15, -0.1) is 11.8 Å². The molecule has 1 atom stereocenters. The summed E-state index contributed by atoms with van der Waals surface area (Å²) in [6.45, 7) is 6.18. The first-order valence-corrected chi connectivity index (χ1v) is 4.75. The van der Waals surface area contributed by atoms with Crippen molar-refractivity contribution in [3.8, 4) is 0 Å². The highest BCUT2D eigenvalue weighted by Crippen LogP contribution is 2.23. The molecule has 0 aliphatic heterocycles. The van der Waals surface area contributed by atoms with Crippen molar-refractivity contribution in [2.75, 3.05) is 0 Å². The SMILES string of the molecule is [CH2]C(CC)Sc1ccccc1. The third-order valence-corrected chi connectivity index (χ3v) is 2.71. The standard InChI is InChI=1S/C10H13S/c1-3-9(2)11-10-7-5-4-6-8-10/h4-9H,2-3H2,1H3. The first kappa shape index (κ1) is 8.66. The predicted molar refractivity (Wildman–Crippen MR) is 51.7 cm³/mol. The number of thioether (sulfide) groups is 1. The van der Waals surface area contributed by atoms with Crippen molar-refractivity contribution in [2.24, 2.45) is 0 Å². The lowest BCUT2D eigenvalue weighted by Gasteiger charge is -2.06. The quantitative estimate of drug-likeness (QED) is 0.619. The molecule has 1 radical (unpaired) electrons. The van der Waals surface area contributed by atoms with E-state index in [-0.39, 0.29) is 0 Å². The third-order valence-electron chi connectivity index (χ3n) is 1.50. The molecule has 0 amide bonds. The van der Waals surface area contributed by atoms with Gasteiger partial charge in [0.25, 0.3) is 0 Å². The minimum absolute atomic E-state index is 0.484. The molecule has 0 aromatic heterocycles. The maximum Gasteiger partial charge on any atom is 0.00921 e. The van der Waals surface area contributed by atoms with Gasteiger partial charge in [0, 0.05) is 10.1 Å². The van der Waals surface area contributed by atoms with Gasteiger partial charge < -0.3 is 0 Å². The summed E-state index contributed by atoms with van der Waals surface area (Å²) in [4.78, 5) is 1.31. The third kappa shape index (κ3) is 2.98. The van der Waals surface area contributed by atoms with E-state index in [2.05, 4.69) is 38.1 Å². The second-order valence-electron chi connectivity index (χ2n) is 2.46. The smallest absolute Gasteiger partial charge is 0.00921 e. The van der Waals surface area contributed by atoms with Crippen molar-refractivity contribution in [1.29, 1.82) is 0 Å². The highest BCUT2D eigenvalue weighted by atomic mass is 32.2. The second-order valence-corrected chi connectivity index (χ2v) is 3.83. The summed E-state index contributed by atoms with van der Waals surface area (Å²) in [5.41, 5.74) is 0. The molecule has 0 bridgehead atoms. The lowest BCUT2D eigenvalue weighted by atomic mass is 10.4. The van der Waals surface area contributed by atoms with E-state index in [9.17, 15) is 0 Å². The van der Waals surface area contributed by atoms with Gasteiger partial charge in [-0.3, -0.25) is 0 Å². The molecule has 0 heterocycles. The molecular weight excluding hydrogens is 152 g/mol. The summed E-state index contributed by atoms with van der Waals surface area (Å²) >= 11 is 1.83. The van der Waals surface area contributed by atoms with Gasteiger partial charge in [-0.05, 0) is 25.5 Å². The molecular formula is C10H13S. The van der Waals surface area contributed by atoms with Gasteiger partial charge in [0.15, 0.2) is 0 Å². The van der Waals surface area contributed by atoms with Crippen LogP contribution in [0.2, 0.25) is 0 Å². The van der Waals surface area contributed by atoms with Crippen LogP contribution in [0.25, 0.3) is 0 Å². The fraction of sp³-hybridized carbons (Fsp3) is 0.300. The zero-order valence-electron chi connectivity index (χ0n) is 6.79. The van der Waals surface area contributed by atoms with Crippen molar-refractivity contribution in [3.05, 3.63) is 37.3 Å². The molecule has 0 N–H and O–H groups in total. The minimum atomic E-state index is 0.484. The van der Waals surface area contributed by atoms with Crippen LogP contribution in [-0.2, 0) is 0 Å². The Hall–Kier alpha value is -0.430. The molecule has 1 rings (SSSR count). The molecule has 1 heteroatoms. The Morgan fingerprint density at radius 1 is 1.36 bits per heavy atom. The largest absolute Gasteiger partial charge is 0.123 e. The van der Waals surface area contributed by atoms with Crippen molar-refractivity contribution < 1.29 is 0 Å². The molecule has 11 heavy (non-hydrogen) atoms. The normalized spacial score (nSPS) is 12.9. The first-order valence-electron chi connectivity index (χ1n) is 3.87. The van der Waals surface area contributed by atoms with Crippen LogP contribution in [0, 0.1) is 6.92 Å². The summed E-state index contributed by atoms with van der Waals surface area (Å²) in [7, 11) is 0. The van der Waals surface area contributed by atoms with Crippen LogP contribution in [0.1, 0.15) is 13.3 Å². The summed E-state index contributed by atoms with van der Waals surface area (Å²) in [6.07, 6.45) is 1.12. The van der Waals surface area contributed by atoms with E-state index < -0.39 is 0 Å². The van der Waals surface area contributed by atoms with E-state index in [1.54, 1.807) is 0 Å². The van der Waals surface area contributed by atoms with Gasteiger partial charge in [0.2, 0.25) is 0 Å². The topological polar surface area (TPSA) is 0 Å². The van der Waals surface area contributed by atoms with Gasteiger partial charge >= 0.3 is 0 Å². The van der Waals surface area contributed by atoms with Crippen molar-refractivity contribution in [2.45, 2.75) is 23.5 Å². The van der Waals surface area contributed by atoms with Gasteiger partial charge in [0.05, 0.1) is 0 Å². The van der Waals surface area contributed by atoms with E-state index in [0.717, 1.165) is 6.42 Å². The van der Waals surface area contributed by atoms with Gasteiger partial charge in [-0.25, -0.2) is 0 Å². The summed E-state index contributed by atoms with van der Waals surface area (Å²) in [5, 5.41) is 0.484. The molecule has 1 aromatic rings. The van der Waals surface area contributed by atoms with Crippen molar-refractivity contribution >= 4 is 11.8 Å². The maximum atomic E-state index is 4.01.